The number of aromatic nitrogens is 2. The third-order valence-electron chi connectivity index (χ3n) is 2.98. The summed E-state index contributed by atoms with van der Waals surface area (Å²) in [5, 5.41) is 0. The van der Waals surface area contributed by atoms with Crippen molar-refractivity contribution in [3.8, 4) is 0 Å². The Morgan fingerprint density at radius 3 is 2.80 bits per heavy atom. The van der Waals surface area contributed by atoms with Crippen molar-refractivity contribution in [3.63, 3.8) is 0 Å². The van der Waals surface area contributed by atoms with E-state index in [9.17, 15) is 0 Å². The van der Waals surface area contributed by atoms with Crippen LogP contribution in [0.5, 0.6) is 0 Å². The predicted molar refractivity (Wildman–Crippen MR) is 76.7 cm³/mol. The molecule has 1 aromatic carbocycles. The van der Waals surface area contributed by atoms with Crippen LogP contribution in [0.3, 0.4) is 0 Å². The van der Waals surface area contributed by atoms with Gasteiger partial charge < -0.3 is 9.47 Å². The highest BCUT2D eigenvalue weighted by Crippen LogP contribution is 2.00. The average molecular weight is 275 g/mol. The van der Waals surface area contributed by atoms with E-state index in [-0.39, 0.29) is 0 Å². The molecule has 0 bridgehead atoms. The topological polar surface area (TPSA) is 27.3 Å². The van der Waals surface area contributed by atoms with Gasteiger partial charge in [0.1, 0.15) is 12.4 Å². The van der Waals surface area contributed by atoms with E-state index in [1.54, 1.807) is 0 Å². The number of benzene rings is 1. The molecule has 2 rings (SSSR count). The molecule has 0 N–H and O–H groups in total. The molecule has 2 aromatic rings. The van der Waals surface area contributed by atoms with Crippen LogP contribution in [0.1, 0.15) is 25.3 Å². The fraction of sp³-hybridized carbons (Fsp3) is 0.438. The van der Waals surface area contributed by atoms with Gasteiger partial charge in [0, 0.05) is 0 Å². The average Bonchev–Trinajstić information content (AvgIpc) is 2.93. The first-order valence-electron chi connectivity index (χ1n) is 7.12. The van der Waals surface area contributed by atoms with E-state index in [2.05, 4.69) is 19.1 Å². The van der Waals surface area contributed by atoms with Gasteiger partial charge >= 0.3 is 0 Å². The van der Waals surface area contributed by atoms with Crippen LogP contribution in [-0.2, 0) is 29.5 Å². The zero-order chi connectivity index (χ0) is 14.0. The summed E-state index contributed by atoms with van der Waals surface area (Å²) in [6.07, 6.45) is 8.27. The third kappa shape index (κ3) is 5.15. The SMILES string of the molecule is CCCCOCn1cc[n+](COCc2ccccc2)c1. The molecular weight excluding hydrogens is 252 g/mol. The van der Waals surface area contributed by atoms with Crippen molar-refractivity contribution in [2.75, 3.05) is 6.61 Å². The molecule has 0 atom stereocenters. The van der Waals surface area contributed by atoms with E-state index in [0.29, 0.717) is 20.1 Å². The predicted octanol–water partition coefficient (Wildman–Crippen LogP) is 2.72. The van der Waals surface area contributed by atoms with Crippen LogP contribution in [0.4, 0.5) is 0 Å². The lowest BCUT2D eigenvalue weighted by molar-refractivity contribution is -0.733. The number of hydrogen-bond donors (Lipinski definition) is 0. The van der Waals surface area contributed by atoms with Crippen molar-refractivity contribution >= 4 is 0 Å². The third-order valence-corrected chi connectivity index (χ3v) is 2.98. The van der Waals surface area contributed by atoms with Gasteiger partial charge in [0.15, 0.2) is 13.5 Å². The van der Waals surface area contributed by atoms with Crippen LogP contribution in [0, 0.1) is 0 Å². The van der Waals surface area contributed by atoms with Crippen LogP contribution in [0.25, 0.3) is 0 Å². The summed E-state index contributed by atoms with van der Waals surface area (Å²) in [5.74, 6) is 0. The van der Waals surface area contributed by atoms with Gasteiger partial charge in [-0.1, -0.05) is 43.7 Å². The van der Waals surface area contributed by atoms with Crippen molar-refractivity contribution in [2.24, 2.45) is 0 Å². The maximum absolute atomic E-state index is 5.67. The van der Waals surface area contributed by atoms with Gasteiger partial charge in [-0.25, -0.2) is 9.13 Å². The Labute approximate surface area is 120 Å². The minimum Gasteiger partial charge on any atom is -0.342 e. The molecule has 0 aliphatic rings. The standard InChI is InChI=1S/C16H23N2O2/c1-2-3-11-19-14-17-9-10-18(13-17)15-20-12-16-7-5-4-6-8-16/h4-10,13H,2-3,11-12,14-15H2,1H3/q+1. The Hall–Kier alpha value is -1.65. The van der Waals surface area contributed by atoms with E-state index >= 15 is 0 Å². The number of imidazole rings is 1. The molecule has 0 unspecified atom stereocenters. The summed E-state index contributed by atoms with van der Waals surface area (Å²) in [6, 6.07) is 10.2. The highest BCUT2D eigenvalue weighted by molar-refractivity contribution is 5.13. The zero-order valence-corrected chi connectivity index (χ0v) is 12.1. The molecule has 1 heterocycles. The monoisotopic (exact) mass is 275 g/mol. The van der Waals surface area contributed by atoms with Gasteiger partial charge in [-0.05, 0) is 12.0 Å². The number of unbranched alkanes of at least 4 members (excludes halogenated alkanes) is 1. The molecule has 0 spiro atoms. The van der Waals surface area contributed by atoms with E-state index < -0.39 is 0 Å². The van der Waals surface area contributed by atoms with Crippen molar-refractivity contribution in [3.05, 3.63) is 54.6 Å². The van der Waals surface area contributed by atoms with Crippen LogP contribution in [-0.4, -0.2) is 11.2 Å². The van der Waals surface area contributed by atoms with Gasteiger partial charge in [-0.15, -0.1) is 0 Å². The summed E-state index contributed by atoms with van der Waals surface area (Å²) < 4.78 is 15.2. The second kappa shape index (κ2) is 8.51. The lowest BCUT2D eigenvalue weighted by Gasteiger charge is -2.01. The van der Waals surface area contributed by atoms with Crippen molar-refractivity contribution in [1.29, 1.82) is 0 Å². The highest BCUT2D eigenvalue weighted by atomic mass is 16.5. The Balaban J connectivity index is 1.67. The fourth-order valence-corrected chi connectivity index (χ4v) is 1.85. The highest BCUT2D eigenvalue weighted by Gasteiger charge is 2.03. The first-order valence-corrected chi connectivity index (χ1v) is 7.12. The van der Waals surface area contributed by atoms with Crippen molar-refractivity contribution in [1.82, 2.24) is 4.57 Å². The van der Waals surface area contributed by atoms with Crippen LogP contribution in [0.2, 0.25) is 0 Å². The molecule has 0 radical (unpaired) electrons. The largest absolute Gasteiger partial charge is 0.342 e. The Kier molecular flexibility index (Phi) is 6.27. The number of ether oxygens (including phenoxy) is 2. The molecule has 1 aromatic heterocycles. The summed E-state index contributed by atoms with van der Waals surface area (Å²) in [7, 11) is 0. The van der Waals surface area contributed by atoms with Crippen LogP contribution >= 0.6 is 0 Å². The maximum atomic E-state index is 5.67. The van der Waals surface area contributed by atoms with Gasteiger partial charge in [0.05, 0.1) is 13.2 Å². The van der Waals surface area contributed by atoms with Crippen molar-refractivity contribution < 1.29 is 14.0 Å². The molecule has 0 saturated carbocycles. The molecule has 0 amide bonds. The van der Waals surface area contributed by atoms with E-state index in [0.717, 1.165) is 13.0 Å². The molecule has 20 heavy (non-hydrogen) atoms. The van der Waals surface area contributed by atoms with E-state index in [1.165, 1.54) is 12.0 Å². The molecule has 0 fully saturated rings. The summed E-state index contributed by atoms with van der Waals surface area (Å²) in [4.78, 5) is 0. The van der Waals surface area contributed by atoms with Gasteiger partial charge in [0.25, 0.3) is 0 Å². The molecule has 0 aliphatic carbocycles. The first kappa shape index (κ1) is 14.8. The van der Waals surface area contributed by atoms with Gasteiger partial charge in [0.2, 0.25) is 6.33 Å². The molecule has 108 valence electrons. The molecule has 4 nitrogen and oxygen atoms in total. The quantitative estimate of drug-likeness (QED) is 0.520. The second-order valence-electron chi connectivity index (χ2n) is 4.80. The summed E-state index contributed by atoms with van der Waals surface area (Å²) in [6.45, 7) is 4.77. The number of hydrogen-bond acceptors (Lipinski definition) is 2. The smallest absolute Gasteiger partial charge is 0.247 e. The van der Waals surface area contributed by atoms with Crippen LogP contribution in [0.15, 0.2) is 49.1 Å². The molecule has 0 aliphatic heterocycles. The van der Waals surface area contributed by atoms with Crippen LogP contribution < -0.4 is 4.57 Å². The Morgan fingerprint density at radius 1 is 1.15 bits per heavy atom. The fourth-order valence-electron chi connectivity index (χ4n) is 1.85. The summed E-state index contributed by atoms with van der Waals surface area (Å²) >= 11 is 0. The van der Waals surface area contributed by atoms with E-state index in [1.807, 2.05) is 46.1 Å². The number of nitrogens with zero attached hydrogens (tertiary/aromatic N) is 2. The number of rotatable bonds is 9. The normalized spacial score (nSPS) is 10.8. The summed E-state index contributed by atoms with van der Waals surface area (Å²) in [5.41, 5.74) is 1.19. The Morgan fingerprint density at radius 2 is 2.00 bits per heavy atom. The molecule has 4 heteroatoms. The minimum atomic E-state index is 0.552. The zero-order valence-electron chi connectivity index (χ0n) is 12.1. The lowest BCUT2D eigenvalue weighted by atomic mass is 10.2. The van der Waals surface area contributed by atoms with Crippen molar-refractivity contribution in [2.45, 2.75) is 39.8 Å². The molecule has 0 saturated heterocycles. The molecular formula is C16H23N2O2+. The van der Waals surface area contributed by atoms with Gasteiger partial charge in [-0.3, -0.25) is 0 Å². The minimum absolute atomic E-state index is 0.552. The Bertz CT molecular complexity index is 482. The maximum Gasteiger partial charge on any atom is 0.247 e. The van der Waals surface area contributed by atoms with E-state index in [4.69, 9.17) is 9.47 Å². The lowest BCUT2D eigenvalue weighted by Crippen LogP contribution is -2.32. The first-order chi connectivity index (χ1) is 9.88. The van der Waals surface area contributed by atoms with Gasteiger partial charge in [-0.2, -0.15) is 0 Å². The second-order valence-corrected chi connectivity index (χ2v) is 4.80.